The van der Waals surface area contributed by atoms with Crippen molar-refractivity contribution in [3.8, 4) is 0 Å². The lowest BCUT2D eigenvalue weighted by atomic mass is 10.1. The summed E-state index contributed by atoms with van der Waals surface area (Å²) >= 11 is 0. The van der Waals surface area contributed by atoms with Gasteiger partial charge in [0, 0.05) is 32.6 Å². The Labute approximate surface area is 74.3 Å². The van der Waals surface area contributed by atoms with Crippen LogP contribution < -0.4 is 0 Å². The third-order valence-electron chi connectivity index (χ3n) is 2.69. The first-order valence-electron chi connectivity index (χ1n) is 4.61. The highest BCUT2D eigenvalue weighted by Gasteiger charge is 2.23. The average molecular weight is 170 g/mol. The van der Waals surface area contributed by atoms with E-state index >= 15 is 0 Å². The van der Waals surface area contributed by atoms with Crippen LogP contribution in [-0.2, 0) is 4.79 Å². The predicted molar refractivity (Wildman–Crippen MR) is 49.0 cm³/mol. The molecule has 0 saturated carbocycles. The molecule has 1 amide bonds. The molecule has 0 aromatic rings. The summed E-state index contributed by atoms with van der Waals surface area (Å²) in [6, 6.07) is 0.558. The Balaban J connectivity index is 2.49. The Kier molecular flexibility index (Phi) is 3.09. The van der Waals surface area contributed by atoms with Gasteiger partial charge in [-0.25, -0.2) is 0 Å². The Hall–Kier alpha value is -0.570. The minimum absolute atomic E-state index is 0.210. The Morgan fingerprint density at radius 3 is 2.67 bits per heavy atom. The molecule has 70 valence electrons. The van der Waals surface area contributed by atoms with E-state index in [1.54, 1.807) is 6.92 Å². The number of piperazine rings is 1. The molecule has 1 aliphatic rings. The fourth-order valence-corrected chi connectivity index (χ4v) is 1.67. The number of amides is 1. The van der Waals surface area contributed by atoms with Gasteiger partial charge in [-0.1, -0.05) is 6.92 Å². The molecule has 0 spiro atoms. The summed E-state index contributed by atoms with van der Waals surface area (Å²) in [4.78, 5) is 15.3. The van der Waals surface area contributed by atoms with E-state index < -0.39 is 0 Å². The second kappa shape index (κ2) is 3.90. The molecule has 0 aromatic carbocycles. The van der Waals surface area contributed by atoms with E-state index in [2.05, 4.69) is 18.9 Å². The van der Waals surface area contributed by atoms with Crippen LogP contribution in [0.1, 0.15) is 20.3 Å². The van der Waals surface area contributed by atoms with Crippen LogP contribution in [0.15, 0.2) is 0 Å². The summed E-state index contributed by atoms with van der Waals surface area (Å²) in [6.45, 7) is 6.63. The molecule has 1 saturated heterocycles. The molecule has 12 heavy (non-hydrogen) atoms. The van der Waals surface area contributed by atoms with Crippen molar-refractivity contribution in [3.63, 3.8) is 0 Å². The van der Waals surface area contributed by atoms with Crippen LogP contribution in [-0.4, -0.2) is 48.4 Å². The Bertz CT molecular complexity index is 170. The Morgan fingerprint density at radius 2 is 2.17 bits per heavy atom. The van der Waals surface area contributed by atoms with Gasteiger partial charge in [0.05, 0.1) is 0 Å². The molecule has 0 aromatic heterocycles. The lowest BCUT2D eigenvalue weighted by Gasteiger charge is -2.38. The topological polar surface area (TPSA) is 23.6 Å². The number of rotatable bonds is 1. The average Bonchev–Trinajstić information content (AvgIpc) is 2.05. The largest absolute Gasteiger partial charge is 0.340 e. The van der Waals surface area contributed by atoms with Crippen LogP contribution >= 0.6 is 0 Å². The van der Waals surface area contributed by atoms with Gasteiger partial charge < -0.3 is 4.90 Å². The summed E-state index contributed by atoms with van der Waals surface area (Å²) in [5.74, 6) is 0.210. The van der Waals surface area contributed by atoms with Crippen LogP contribution in [0.25, 0.3) is 0 Å². The highest BCUT2D eigenvalue weighted by molar-refractivity contribution is 5.73. The van der Waals surface area contributed by atoms with Crippen molar-refractivity contribution in [1.29, 1.82) is 0 Å². The lowest BCUT2D eigenvalue weighted by molar-refractivity contribution is -0.131. The normalized spacial score (nSPS) is 25.9. The molecule has 3 heteroatoms. The van der Waals surface area contributed by atoms with Crippen molar-refractivity contribution >= 4 is 5.91 Å². The van der Waals surface area contributed by atoms with Gasteiger partial charge in [0.25, 0.3) is 0 Å². The molecule has 0 aliphatic carbocycles. The van der Waals surface area contributed by atoms with Gasteiger partial charge in [-0.15, -0.1) is 0 Å². The second-order valence-electron chi connectivity index (χ2n) is 3.51. The summed E-state index contributed by atoms with van der Waals surface area (Å²) in [6.07, 6.45) is 1.13. The van der Waals surface area contributed by atoms with Crippen molar-refractivity contribution < 1.29 is 4.79 Å². The maximum absolute atomic E-state index is 11.1. The van der Waals surface area contributed by atoms with E-state index in [9.17, 15) is 4.79 Å². The molecule has 1 aliphatic heterocycles. The quantitative estimate of drug-likeness (QED) is 0.574. The van der Waals surface area contributed by atoms with Crippen LogP contribution in [0.3, 0.4) is 0 Å². The number of carbonyl (C=O) groups is 1. The zero-order valence-electron chi connectivity index (χ0n) is 8.21. The van der Waals surface area contributed by atoms with Gasteiger partial charge in [0.1, 0.15) is 0 Å². The highest BCUT2D eigenvalue weighted by atomic mass is 16.2. The molecule has 1 rings (SSSR count). The first kappa shape index (κ1) is 9.52. The van der Waals surface area contributed by atoms with Crippen molar-refractivity contribution in [1.82, 2.24) is 9.80 Å². The molecule has 0 unspecified atom stereocenters. The molecule has 1 heterocycles. The van der Waals surface area contributed by atoms with Gasteiger partial charge in [-0.3, -0.25) is 9.69 Å². The summed E-state index contributed by atoms with van der Waals surface area (Å²) in [5.41, 5.74) is 0. The zero-order valence-corrected chi connectivity index (χ0v) is 8.21. The molecular formula is C9H18N2O. The van der Waals surface area contributed by atoms with Crippen LogP contribution in [0.4, 0.5) is 0 Å². The van der Waals surface area contributed by atoms with Gasteiger partial charge in [0.2, 0.25) is 5.91 Å². The van der Waals surface area contributed by atoms with Crippen molar-refractivity contribution in [2.75, 3.05) is 26.7 Å². The van der Waals surface area contributed by atoms with E-state index in [0.717, 1.165) is 26.1 Å². The van der Waals surface area contributed by atoms with Gasteiger partial charge in [-0.05, 0) is 13.5 Å². The van der Waals surface area contributed by atoms with E-state index in [4.69, 9.17) is 0 Å². The summed E-state index contributed by atoms with van der Waals surface area (Å²) < 4.78 is 0. The van der Waals surface area contributed by atoms with Gasteiger partial charge >= 0.3 is 0 Å². The van der Waals surface area contributed by atoms with E-state index in [-0.39, 0.29) is 5.91 Å². The van der Waals surface area contributed by atoms with Crippen LogP contribution in [0, 0.1) is 0 Å². The number of nitrogens with zero attached hydrogens (tertiary/aromatic N) is 2. The van der Waals surface area contributed by atoms with Crippen molar-refractivity contribution in [2.45, 2.75) is 26.3 Å². The van der Waals surface area contributed by atoms with E-state index in [1.165, 1.54) is 0 Å². The number of hydrogen-bond acceptors (Lipinski definition) is 2. The molecule has 1 fully saturated rings. The van der Waals surface area contributed by atoms with Gasteiger partial charge in [0.15, 0.2) is 0 Å². The smallest absolute Gasteiger partial charge is 0.219 e. The fraction of sp³-hybridized carbons (Fsp3) is 0.889. The number of likely N-dealkylation sites (N-methyl/N-ethyl adjacent to an activating group) is 1. The SMILES string of the molecule is CC[C@H]1CN(C(C)=O)CCN1C. The van der Waals surface area contributed by atoms with Crippen LogP contribution in [0.5, 0.6) is 0 Å². The number of carbonyl (C=O) groups excluding carboxylic acids is 1. The third-order valence-corrected chi connectivity index (χ3v) is 2.69. The Morgan fingerprint density at radius 1 is 1.50 bits per heavy atom. The van der Waals surface area contributed by atoms with E-state index in [1.807, 2.05) is 4.90 Å². The molecule has 0 radical (unpaired) electrons. The fourth-order valence-electron chi connectivity index (χ4n) is 1.67. The lowest BCUT2D eigenvalue weighted by Crippen LogP contribution is -2.52. The maximum atomic E-state index is 11.1. The molecule has 0 bridgehead atoms. The number of hydrogen-bond donors (Lipinski definition) is 0. The summed E-state index contributed by atoms with van der Waals surface area (Å²) in [7, 11) is 2.13. The molecule has 1 atom stereocenters. The van der Waals surface area contributed by atoms with Crippen molar-refractivity contribution in [3.05, 3.63) is 0 Å². The minimum atomic E-state index is 0.210. The maximum Gasteiger partial charge on any atom is 0.219 e. The molecule has 0 N–H and O–H groups in total. The first-order chi connectivity index (χ1) is 5.65. The molecular weight excluding hydrogens is 152 g/mol. The monoisotopic (exact) mass is 170 g/mol. The highest BCUT2D eigenvalue weighted by Crippen LogP contribution is 2.10. The van der Waals surface area contributed by atoms with Gasteiger partial charge in [-0.2, -0.15) is 0 Å². The first-order valence-corrected chi connectivity index (χ1v) is 4.61. The standard InChI is InChI=1S/C9H18N2O/c1-4-9-7-11(8(2)12)6-5-10(9)3/h9H,4-7H2,1-3H3/t9-/m0/s1. The zero-order chi connectivity index (χ0) is 9.14. The van der Waals surface area contributed by atoms with Crippen molar-refractivity contribution in [2.24, 2.45) is 0 Å². The van der Waals surface area contributed by atoms with Crippen LogP contribution in [0.2, 0.25) is 0 Å². The predicted octanol–water partition coefficient (Wildman–Crippen LogP) is 0.559. The van der Waals surface area contributed by atoms with E-state index in [0.29, 0.717) is 6.04 Å². The third kappa shape index (κ3) is 1.97. The summed E-state index contributed by atoms with van der Waals surface area (Å²) in [5, 5.41) is 0. The second-order valence-corrected chi connectivity index (χ2v) is 3.51. The minimum Gasteiger partial charge on any atom is -0.340 e. The molecule has 3 nitrogen and oxygen atoms in total.